The summed E-state index contributed by atoms with van der Waals surface area (Å²) in [4.78, 5) is 2.41. The first-order chi connectivity index (χ1) is 6.25. The SMILES string of the molecule is Bc1ccc(C2CCN(C)C2)cc1. The summed E-state index contributed by atoms with van der Waals surface area (Å²) in [6, 6.07) is 8.99. The van der Waals surface area contributed by atoms with Crippen LogP contribution in [0.4, 0.5) is 0 Å². The molecule has 1 heterocycles. The summed E-state index contributed by atoms with van der Waals surface area (Å²) in [7, 11) is 4.35. The molecular formula is C11H16BN. The van der Waals surface area contributed by atoms with Gasteiger partial charge in [-0.05, 0) is 31.5 Å². The highest BCUT2D eigenvalue weighted by atomic mass is 15.1. The smallest absolute Gasteiger partial charge is 0.139 e. The van der Waals surface area contributed by atoms with Crippen LogP contribution in [0.1, 0.15) is 17.9 Å². The van der Waals surface area contributed by atoms with Gasteiger partial charge in [-0.3, -0.25) is 0 Å². The fraction of sp³-hybridized carbons (Fsp3) is 0.455. The lowest BCUT2D eigenvalue weighted by atomic mass is 9.91. The molecule has 2 rings (SSSR count). The first-order valence-electron chi connectivity index (χ1n) is 5.01. The molecule has 1 unspecified atom stereocenters. The number of likely N-dealkylation sites (tertiary alicyclic amines) is 1. The van der Waals surface area contributed by atoms with Gasteiger partial charge in [0.2, 0.25) is 0 Å². The Balaban J connectivity index is 2.13. The zero-order valence-corrected chi connectivity index (χ0v) is 8.46. The first-order valence-corrected chi connectivity index (χ1v) is 5.01. The molecule has 0 aliphatic carbocycles. The monoisotopic (exact) mass is 173 g/mol. The molecule has 0 aromatic heterocycles. The van der Waals surface area contributed by atoms with E-state index in [1.54, 1.807) is 0 Å². The maximum absolute atomic E-state index is 2.41. The van der Waals surface area contributed by atoms with Gasteiger partial charge in [-0.25, -0.2) is 0 Å². The van der Waals surface area contributed by atoms with Crippen LogP contribution in [-0.2, 0) is 0 Å². The van der Waals surface area contributed by atoms with Gasteiger partial charge >= 0.3 is 0 Å². The Kier molecular flexibility index (Phi) is 2.41. The van der Waals surface area contributed by atoms with Crippen molar-refractivity contribution < 1.29 is 0 Å². The van der Waals surface area contributed by atoms with E-state index in [1.165, 1.54) is 30.5 Å². The largest absolute Gasteiger partial charge is 0.306 e. The Labute approximate surface area is 81.2 Å². The third-order valence-corrected chi connectivity index (χ3v) is 2.94. The minimum atomic E-state index is 0.769. The van der Waals surface area contributed by atoms with Crippen molar-refractivity contribution in [2.75, 3.05) is 20.1 Å². The van der Waals surface area contributed by atoms with Crippen LogP contribution in [0.15, 0.2) is 24.3 Å². The second-order valence-corrected chi connectivity index (χ2v) is 4.16. The number of hydrogen-bond donors (Lipinski definition) is 0. The summed E-state index contributed by atoms with van der Waals surface area (Å²) in [6.45, 7) is 2.47. The molecule has 1 aromatic rings. The molecule has 68 valence electrons. The minimum absolute atomic E-state index is 0.769. The van der Waals surface area contributed by atoms with Gasteiger partial charge in [0.05, 0.1) is 0 Å². The fourth-order valence-electron chi connectivity index (χ4n) is 2.05. The zero-order chi connectivity index (χ0) is 9.26. The standard InChI is InChI=1S/C11H16BN/c1-13-7-6-10(8-13)9-2-4-11(12)5-3-9/h2-5,10H,6-8,12H2,1H3. The van der Waals surface area contributed by atoms with E-state index in [0.717, 1.165) is 5.92 Å². The van der Waals surface area contributed by atoms with Gasteiger partial charge in [0.25, 0.3) is 0 Å². The minimum Gasteiger partial charge on any atom is -0.306 e. The van der Waals surface area contributed by atoms with E-state index in [0.29, 0.717) is 0 Å². The lowest BCUT2D eigenvalue weighted by Gasteiger charge is -2.10. The number of nitrogens with zero attached hydrogens (tertiary/aromatic N) is 1. The number of benzene rings is 1. The molecule has 1 atom stereocenters. The molecule has 1 aliphatic heterocycles. The van der Waals surface area contributed by atoms with Gasteiger partial charge in [0.15, 0.2) is 0 Å². The third kappa shape index (κ3) is 1.94. The van der Waals surface area contributed by atoms with E-state index >= 15 is 0 Å². The number of hydrogen-bond acceptors (Lipinski definition) is 1. The highest BCUT2D eigenvalue weighted by molar-refractivity contribution is 6.32. The molecule has 0 N–H and O–H groups in total. The van der Waals surface area contributed by atoms with Crippen LogP contribution in [0.2, 0.25) is 0 Å². The molecule has 0 spiro atoms. The second kappa shape index (κ2) is 3.55. The Hall–Kier alpha value is -0.755. The normalized spacial score (nSPS) is 23.6. The van der Waals surface area contributed by atoms with Gasteiger partial charge in [-0.2, -0.15) is 0 Å². The Bertz CT molecular complexity index is 281. The quantitative estimate of drug-likeness (QED) is 0.554. The first kappa shape index (κ1) is 8.83. The van der Waals surface area contributed by atoms with Crippen LogP contribution in [0, 0.1) is 0 Å². The van der Waals surface area contributed by atoms with Gasteiger partial charge in [0.1, 0.15) is 7.85 Å². The highest BCUT2D eigenvalue weighted by Crippen LogP contribution is 2.25. The Morgan fingerprint density at radius 2 is 2.00 bits per heavy atom. The van der Waals surface area contributed by atoms with Crippen molar-refractivity contribution in [2.24, 2.45) is 0 Å². The van der Waals surface area contributed by atoms with Crippen molar-refractivity contribution in [1.29, 1.82) is 0 Å². The van der Waals surface area contributed by atoms with E-state index in [2.05, 4.69) is 44.1 Å². The predicted octanol–water partition coefficient (Wildman–Crippen LogP) is 0.364. The molecule has 13 heavy (non-hydrogen) atoms. The summed E-state index contributed by atoms with van der Waals surface area (Å²) >= 11 is 0. The molecule has 0 amide bonds. The predicted molar refractivity (Wildman–Crippen MR) is 59.5 cm³/mol. The summed E-state index contributed by atoms with van der Waals surface area (Å²) in [5.74, 6) is 0.769. The van der Waals surface area contributed by atoms with Gasteiger partial charge in [0, 0.05) is 6.54 Å². The van der Waals surface area contributed by atoms with Gasteiger partial charge in [-0.15, -0.1) is 0 Å². The molecule has 0 bridgehead atoms. The lowest BCUT2D eigenvalue weighted by Crippen LogP contribution is -2.13. The van der Waals surface area contributed by atoms with Crippen molar-refractivity contribution in [3.05, 3.63) is 29.8 Å². The Morgan fingerprint density at radius 1 is 1.31 bits per heavy atom. The van der Waals surface area contributed by atoms with Crippen molar-refractivity contribution in [3.8, 4) is 0 Å². The van der Waals surface area contributed by atoms with Crippen LogP contribution in [0.25, 0.3) is 0 Å². The average molecular weight is 173 g/mol. The summed E-state index contributed by atoms with van der Waals surface area (Å²) < 4.78 is 0. The van der Waals surface area contributed by atoms with Gasteiger partial charge < -0.3 is 4.90 Å². The molecule has 1 fully saturated rings. The van der Waals surface area contributed by atoms with Crippen molar-refractivity contribution >= 4 is 13.3 Å². The number of likely N-dealkylation sites (N-methyl/N-ethyl adjacent to an activating group) is 1. The van der Waals surface area contributed by atoms with Crippen LogP contribution >= 0.6 is 0 Å². The molecule has 1 aromatic carbocycles. The lowest BCUT2D eigenvalue weighted by molar-refractivity contribution is 0.411. The average Bonchev–Trinajstić information content (AvgIpc) is 2.53. The molecule has 0 saturated carbocycles. The highest BCUT2D eigenvalue weighted by Gasteiger charge is 2.20. The topological polar surface area (TPSA) is 3.24 Å². The third-order valence-electron chi connectivity index (χ3n) is 2.94. The molecular weight excluding hydrogens is 157 g/mol. The van der Waals surface area contributed by atoms with Gasteiger partial charge in [-0.1, -0.05) is 29.7 Å². The zero-order valence-electron chi connectivity index (χ0n) is 8.46. The maximum atomic E-state index is 2.41. The molecule has 0 radical (unpaired) electrons. The van der Waals surface area contributed by atoms with E-state index in [1.807, 2.05) is 0 Å². The van der Waals surface area contributed by atoms with Crippen LogP contribution in [0.5, 0.6) is 0 Å². The van der Waals surface area contributed by atoms with E-state index in [-0.39, 0.29) is 0 Å². The van der Waals surface area contributed by atoms with Crippen LogP contribution < -0.4 is 5.46 Å². The summed E-state index contributed by atoms with van der Waals surface area (Å²) in [6.07, 6.45) is 1.32. The molecule has 2 heteroatoms. The maximum Gasteiger partial charge on any atom is 0.139 e. The fourth-order valence-corrected chi connectivity index (χ4v) is 2.05. The van der Waals surface area contributed by atoms with Crippen LogP contribution in [-0.4, -0.2) is 32.9 Å². The van der Waals surface area contributed by atoms with E-state index < -0.39 is 0 Å². The van der Waals surface area contributed by atoms with E-state index in [9.17, 15) is 0 Å². The van der Waals surface area contributed by atoms with Crippen molar-refractivity contribution in [1.82, 2.24) is 4.90 Å². The van der Waals surface area contributed by atoms with Crippen molar-refractivity contribution in [2.45, 2.75) is 12.3 Å². The summed E-state index contributed by atoms with van der Waals surface area (Å²) in [5.41, 5.74) is 2.87. The van der Waals surface area contributed by atoms with Crippen molar-refractivity contribution in [3.63, 3.8) is 0 Å². The molecule has 1 aliphatic rings. The van der Waals surface area contributed by atoms with Crippen LogP contribution in [0.3, 0.4) is 0 Å². The number of rotatable bonds is 1. The van der Waals surface area contributed by atoms with E-state index in [4.69, 9.17) is 0 Å². The summed E-state index contributed by atoms with van der Waals surface area (Å²) in [5, 5.41) is 0. The Morgan fingerprint density at radius 3 is 2.54 bits per heavy atom. The molecule has 1 nitrogen and oxygen atoms in total. The molecule has 1 saturated heterocycles. The second-order valence-electron chi connectivity index (χ2n) is 4.16.